The molecule has 38 heavy (non-hydrogen) atoms. The van der Waals surface area contributed by atoms with Crippen molar-refractivity contribution in [3.63, 3.8) is 0 Å². The molecule has 1 fully saturated rings. The highest BCUT2D eigenvalue weighted by molar-refractivity contribution is 8.27. The molecule has 7 nitrogen and oxygen atoms in total. The fourth-order valence-electron chi connectivity index (χ4n) is 3.92. The first kappa shape index (κ1) is 27.9. The molecule has 0 spiro atoms. The number of carbonyl (C=O) groups is 1. The summed E-state index contributed by atoms with van der Waals surface area (Å²) < 4.78 is 6.50. The normalized spacial score (nSPS) is 14.3. The van der Waals surface area contributed by atoms with Crippen molar-refractivity contribution in [3.8, 4) is 5.75 Å². The lowest BCUT2D eigenvalue weighted by Gasteiger charge is -2.22. The summed E-state index contributed by atoms with van der Waals surface area (Å²) in [5, 5.41) is 12.2. The summed E-state index contributed by atoms with van der Waals surface area (Å²) in [6.45, 7) is 5.99. The Morgan fingerprint density at radius 3 is 2.55 bits per heavy atom. The molecule has 3 aromatic carbocycles. The molecule has 4 rings (SSSR count). The van der Waals surface area contributed by atoms with Gasteiger partial charge in [-0.15, -0.1) is 0 Å². The van der Waals surface area contributed by atoms with Gasteiger partial charge < -0.3 is 9.64 Å². The number of nitro groups is 1. The van der Waals surface area contributed by atoms with Gasteiger partial charge in [-0.3, -0.25) is 19.8 Å². The van der Waals surface area contributed by atoms with Crippen molar-refractivity contribution in [2.45, 2.75) is 20.5 Å². The number of hydrogen-bond acceptors (Lipinski definition) is 7. The molecule has 1 saturated heterocycles. The maximum absolute atomic E-state index is 13.3. The van der Waals surface area contributed by atoms with Gasteiger partial charge in [-0.05, 0) is 50.3 Å². The molecule has 196 valence electrons. The van der Waals surface area contributed by atoms with E-state index in [1.165, 1.54) is 23.1 Å². The number of amides is 1. The second-order valence-electron chi connectivity index (χ2n) is 8.21. The molecule has 3 aromatic rings. The first-order valence-corrected chi connectivity index (χ1v) is 13.7. The predicted molar refractivity (Wildman–Crippen MR) is 160 cm³/mol. The van der Waals surface area contributed by atoms with Crippen LogP contribution < -0.4 is 14.5 Å². The standard InChI is InChI=1S/C27H23Cl2N3O4S2/c1-3-30(4-2)20-11-9-17(24(15-20)36-16-18-8-10-19(28)13-23(18)29)12-25-26(33)31(27(37)38-25)21-6-5-7-22(14-21)32(34)35/h5-15H,3-4,16H2,1-2H3/b25-12-. The van der Waals surface area contributed by atoms with E-state index in [9.17, 15) is 14.9 Å². The fourth-order valence-corrected chi connectivity index (χ4v) is 5.68. The summed E-state index contributed by atoms with van der Waals surface area (Å²) in [4.78, 5) is 27.9. The van der Waals surface area contributed by atoms with Crippen LogP contribution in [-0.2, 0) is 11.4 Å². The molecular weight excluding hydrogens is 565 g/mol. The van der Waals surface area contributed by atoms with Crippen LogP contribution in [0.4, 0.5) is 17.1 Å². The van der Waals surface area contributed by atoms with Crippen LogP contribution in [0.25, 0.3) is 6.08 Å². The molecule has 0 unspecified atom stereocenters. The summed E-state index contributed by atoms with van der Waals surface area (Å²) in [5.74, 6) is 0.209. The molecule has 0 radical (unpaired) electrons. The Morgan fingerprint density at radius 2 is 1.87 bits per heavy atom. The van der Waals surface area contributed by atoms with Crippen LogP contribution in [0.5, 0.6) is 5.75 Å². The smallest absolute Gasteiger partial charge is 0.271 e. The lowest BCUT2D eigenvalue weighted by atomic mass is 10.1. The van der Waals surface area contributed by atoms with Crippen molar-refractivity contribution in [3.05, 3.63) is 96.9 Å². The first-order chi connectivity index (χ1) is 18.2. The molecule has 1 aliphatic heterocycles. The van der Waals surface area contributed by atoms with Gasteiger partial charge in [0.2, 0.25) is 0 Å². The number of hydrogen-bond donors (Lipinski definition) is 0. The van der Waals surface area contributed by atoms with E-state index in [-0.39, 0.29) is 22.5 Å². The Kier molecular flexibility index (Phi) is 8.94. The van der Waals surface area contributed by atoms with Crippen LogP contribution in [0.15, 0.2) is 65.6 Å². The van der Waals surface area contributed by atoms with E-state index < -0.39 is 4.92 Å². The second kappa shape index (κ2) is 12.2. The van der Waals surface area contributed by atoms with Crippen LogP contribution in [0, 0.1) is 10.1 Å². The molecule has 0 atom stereocenters. The Morgan fingerprint density at radius 1 is 1.11 bits per heavy atom. The van der Waals surface area contributed by atoms with Gasteiger partial charge in [0.25, 0.3) is 11.6 Å². The molecular formula is C27H23Cl2N3O4S2. The van der Waals surface area contributed by atoms with Crippen molar-refractivity contribution in [1.29, 1.82) is 0 Å². The highest BCUT2D eigenvalue weighted by atomic mass is 35.5. The average molecular weight is 589 g/mol. The van der Waals surface area contributed by atoms with Gasteiger partial charge in [0, 0.05) is 58.1 Å². The molecule has 0 saturated carbocycles. The van der Waals surface area contributed by atoms with E-state index >= 15 is 0 Å². The number of rotatable bonds is 9. The predicted octanol–water partition coefficient (Wildman–Crippen LogP) is 7.73. The molecule has 11 heteroatoms. The number of carbonyl (C=O) groups excluding carboxylic acids is 1. The average Bonchev–Trinajstić information content (AvgIpc) is 3.17. The monoisotopic (exact) mass is 587 g/mol. The summed E-state index contributed by atoms with van der Waals surface area (Å²) >= 11 is 19.0. The first-order valence-electron chi connectivity index (χ1n) is 11.7. The maximum Gasteiger partial charge on any atom is 0.271 e. The fraction of sp³-hybridized carbons (Fsp3) is 0.185. The van der Waals surface area contributed by atoms with E-state index in [0.717, 1.165) is 36.1 Å². The molecule has 1 heterocycles. The summed E-state index contributed by atoms with van der Waals surface area (Å²) in [5.41, 5.74) is 2.66. The lowest BCUT2D eigenvalue weighted by molar-refractivity contribution is -0.384. The van der Waals surface area contributed by atoms with Gasteiger partial charge in [0.15, 0.2) is 4.32 Å². The van der Waals surface area contributed by atoms with Crippen molar-refractivity contribution >= 4 is 80.5 Å². The highest BCUT2D eigenvalue weighted by Gasteiger charge is 2.34. The zero-order valence-corrected chi connectivity index (χ0v) is 23.7. The number of thioether (sulfide) groups is 1. The lowest BCUT2D eigenvalue weighted by Crippen LogP contribution is -2.27. The number of thiocarbonyl (C=S) groups is 1. The zero-order valence-electron chi connectivity index (χ0n) is 20.5. The van der Waals surface area contributed by atoms with E-state index in [0.29, 0.717) is 32.0 Å². The van der Waals surface area contributed by atoms with E-state index in [4.69, 9.17) is 40.2 Å². The third-order valence-electron chi connectivity index (χ3n) is 5.90. The number of anilines is 2. The topological polar surface area (TPSA) is 75.9 Å². The third-order valence-corrected chi connectivity index (χ3v) is 7.79. The van der Waals surface area contributed by atoms with Gasteiger partial charge >= 0.3 is 0 Å². The molecule has 1 aliphatic rings. The summed E-state index contributed by atoms with van der Waals surface area (Å²) in [6.07, 6.45) is 1.72. The van der Waals surface area contributed by atoms with Gasteiger partial charge in [0.1, 0.15) is 12.4 Å². The molecule has 0 aliphatic carbocycles. The van der Waals surface area contributed by atoms with Gasteiger partial charge in [0.05, 0.1) is 15.5 Å². The van der Waals surface area contributed by atoms with E-state index in [1.54, 1.807) is 24.3 Å². The number of halogens is 2. The van der Waals surface area contributed by atoms with Crippen molar-refractivity contribution in [2.24, 2.45) is 0 Å². The Bertz CT molecular complexity index is 1440. The quantitative estimate of drug-likeness (QED) is 0.110. The van der Waals surface area contributed by atoms with Gasteiger partial charge in [-0.1, -0.05) is 59.3 Å². The van der Waals surface area contributed by atoms with Gasteiger partial charge in [-0.25, -0.2) is 0 Å². The van der Waals surface area contributed by atoms with Crippen LogP contribution >= 0.6 is 47.2 Å². The summed E-state index contributed by atoms with van der Waals surface area (Å²) in [6, 6.07) is 16.9. The minimum absolute atomic E-state index is 0.121. The van der Waals surface area contributed by atoms with Crippen LogP contribution in [0.2, 0.25) is 10.0 Å². The minimum Gasteiger partial charge on any atom is -0.488 e. The Hall–Kier alpha value is -3.11. The number of ether oxygens (including phenoxy) is 1. The second-order valence-corrected chi connectivity index (χ2v) is 10.7. The van der Waals surface area contributed by atoms with Crippen molar-refractivity contribution in [1.82, 2.24) is 0 Å². The SMILES string of the molecule is CCN(CC)c1ccc(/C=C2\SC(=S)N(c3cccc([N+](=O)[O-])c3)C2=O)c(OCc2ccc(Cl)cc2Cl)c1. The van der Waals surface area contributed by atoms with E-state index in [1.807, 2.05) is 24.3 Å². The number of non-ortho nitro benzene ring substituents is 1. The Balaban J connectivity index is 1.68. The Labute approximate surface area is 240 Å². The summed E-state index contributed by atoms with van der Waals surface area (Å²) in [7, 11) is 0. The van der Waals surface area contributed by atoms with Crippen molar-refractivity contribution < 1.29 is 14.5 Å². The molecule has 0 N–H and O–H groups in total. The number of nitro benzene ring substituents is 1. The van der Waals surface area contributed by atoms with Crippen LogP contribution in [0.3, 0.4) is 0 Å². The largest absolute Gasteiger partial charge is 0.488 e. The molecule has 0 bridgehead atoms. The number of benzene rings is 3. The number of nitrogens with zero attached hydrogens (tertiary/aromatic N) is 3. The molecule has 0 aromatic heterocycles. The van der Waals surface area contributed by atoms with Gasteiger partial charge in [-0.2, -0.15) is 0 Å². The minimum atomic E-state index is -0.509. The third kappa shape index (κ3) is 6.13. The molecule has 1 amide bonds. The van der Waals surface area contributed by atoms with Crippen LogP contribution in [0.1, 0.15) is 25.0 Å². The highest BCUT2D eigenvalue weighted by Crippen LogP contribution is 2.39. The van der Waals surface area contributed by atoms with Crippen LogP contribution in [-0.4, -0.2) is 28.2 Å². The van der Waals surface area contributed by atoms with E-state index in [2.05, 4.69) is 18.7 Å². The zero-order chi connectivity index (χ0) is 27.4. The van der Waals surface area contributed by atoms with Crippen molar-refractivity contribution in [2.75, 3.05) is 22.9 Å². The maximum atomic E-state index is 13.3.